The van der Waals surface area contributed by atoms with E-state index in [1.807, 2.05) is 25.2 Å². The zero-order valence-corrected chi connectivity index (χ0v) is 7.97. The van der Waals surface area contributed by atoms with Crippen molar-refractivity contribution >= 4 is 11.0 Å². The van der Waals surface area contributed by atoms with E-state index in [1.54, 1.807) is 4.68 Å². The number of fused-ring (bicyclic) bond motifs is 1. The van der Waals surface area contributed by atoms with Crippen LogP contribution in [0.4, 0.5) is 0 Å². The van der Waals surface area contributed by atoms with Gasteiger partial charge in [0, 0.05) is 7.05 Å². The van der Waals surface area contributed by atoms with Crippen LogP contribution in [0.5, 0.6) is 0 Å². The zero-order valence-electron chi connectivity index (χ0n) is 7.97. The minimum atomic E-state index is 0.520. The van der Waals surface area contributed by atoms with Gasteiger partial charge in [-0.3, -0.25) is 0 Å². The molecule has 1 heterocycles. The average Bonchev–Trinajstić information content (AvgIpc) is 2.57. The number of hydrogen-bond donors (Lipinski definition) is 1. The second kappa shape index (κ2) is 3.73. The van der Waals surface area contributed by atoms with Gasteiger partial charge in [-0.25, -0.2) is 10.6 Å². The molecule has 0 saturated carbocycles. The SMILES string of the molecule is Cn1nnc2cc(CCON)ccc21. The molecule has 0 unspecified atom stereocenters. The summed E-state index contributed by atoms with van der Waals surface area (Å²) in [6, 6.07) is 6.03. The Morgan fingerprint density at radius 3 is 3.14 bits per heavy atom. The predicted octanol–water partition coefficient (Wildman–Crippen LogP) is 0.401. The molecule has 1 aromatic carbocycles. The first-order chi connectivity index (χ1) is 6.81. The minimum absolute atomic E-state index is 0.520. The lowest BCUT2D eigenvalue weighted by atomic mass is 10.1. The van der Waals surface area contributed by atoms with Gasteiger partial charge in [-0.2, -0.15) is 0 Å². The third-order valence-electron chi connectivity index (χ3n) is 2.18. The predicted molar refractivity (Wildman–Crippen MR) is 52.4 cm³/mol. The third-order valence-corrected chi connectivity index (χ3v) is 2.18. The van der Waals surface area contributed by atoms with Gasteiger partial charge in [0.15, 0.2) is 0 Å². The summed E-state index contributed by atoms with van der Waals surface area (Å²) in [6.45, 7) is 0.520. The van der Waals surface area contributed by atoms with Gasteiger partial charge in [-0.1, -0.05) is 11.3 Å². The summed E-state index contributed by atoms with van der Waals surface area (Å²) in [4.78, 5) is 4.52. The van der Waals surface area contributed by atoms with Crippen molar-refractivity contribution in [1.82, 2.24) is 15.0 Å². The zero-order chi connectivity index (χ0) is 9.97. The van der Waals surface area contributed by atoms with E-state index in [1.165, 1.54) is 0 Å². The van der Waals surface area contributed by atoms with Crippen LogP contribution in [0.15, 0.2) is 18.2 Å². The van der Waals surface area contributed by atoms with Crippen LogP contribution in [0, 0.1) is 0 Å². The van der Waals surface area contributed by atoms with E-state index in [2.05, 4.69) is 15.1 Å². The third kappa shape index (κ3) is 1.59. The molecule has 0 spiro atoms. The summed E-state index contributed by atoms with van der Waals surface area (Å²) in [6.07, 6.45) is 0.795. The highest BCUT2D eigenvalue weighted by molar-refractivity contribution is 5.74. The molecule has 0 fully saturated rings. The lowest BCUT2D eigenvalue weighted by molar-refractivity contribution is 0.141. The van der Waals surface area contributed by atoms with Gasteiger partial charge >= 0.3 is 0 Å². The Labute approximate surface area is 81.4 Å². The van der Waals surface area contributed by atoms with Crippen molar-refractivity contribution in [2.45, 2.75) is 6.42 Å². The van der Waals surface area contributed by atoms with Crippen molar-refractivity contribution in [3.05, 3.63) is 23.8 Å². The summed E-state index contributed by atoms with van der Waals surface area (Å²) in [5.74, 6) is 4.96. The maximum absolute atomic E-state index is 4.96. The molecule has 2 aromatic rings. The smallest absolute Gasteiger partial charge is 0.113 e. The first kappa shape index (κ1) is 9.11. The quantitative estimate of drug-likeness (QED) is 0.715. The fourth-order valence-corrected chi connectivity index (χ4v) is 1.42. The molecule has 0 aliphatic carbocycles. The first-order valence-corrected chi connectivity index (χ1v) is 4.41. The molecule has 0 atom stereocenters. The van der Waals surface area contributed by atoms with Crippen LogP contribution in [-0.4, -0.2) is 21.6 Å². The minimum Gasteiger partial charge on any atom is -0.304 e. The monoisotopic (exact) mass is 192 g/mol. The molecule has 5 heteroatoms. The highest BCUT2D eigenvalue weighted by atomic mass is 16.6. The Morgan fingerprint density at radius 2 is 2.36 bits per heavy atom. The number of nitrogens with two attached hydrogens (primary N) is 1. The van der Waals surface area contributed by atoms with Gasteiger partial charge in [0.05, 0.1) is 12.1 Å². The average molecular weight is 192 g/mol. The van der Waals surface area contributed by atoms with Gasteiger partial charge in [0.2, 0.25) is 0 Å². The summed E-state index contributed by atoms with van der Waals surface area (Å²) in [5, 5.41) is 7.96. The van der Waals surface area contributed by atoms with Crippen molar-refractivity contribution in [3.8, 4) is 0 Å². The van der Waals surface area contributed by atoms with E-state index in [4.69, 9.17) is 5.90 Å². The van der Waals surface area contributed by atoms with Crippen LogP contribution in [0.3, 0.4) is 0 Å². The van der Waals surface area contributed by atoms with Gasteiger partial charge in [0.25, 0.3) is 0 Å². The molecule has 0 saturated heterocycles. The normalized spacial score (nSPS) is 11.0. The van der Waals surface area contributed by atoms with Crippen molar-refractivity contribution < 1.29 is 4.84 Å². The standard InChI is InChI=1S/C9H12N4O/c1-13-9-3-2-7(4-5-14-10)6-8(9)11-12-13/h2-3,6H,4-5,10H2,1H3. The van der Waals surface area contributed by atoms with E-state index < -0.39 is 0 Å². The van der Waals surface area contributed by atoms with Gasteiger partial charge in [-0.15, -0.1) is 5.10 Å². The number of aryl methyl sites for hydroxylation is 1. The number of aromatic nitrogens is 3. The van der Waals surface area contributed by atoms with Crippen LogP contribution in [0.1, 0.15) is 5.56 Å². The first-order valence-electron chi connectivity index (χ1n) is 4.41. The molecule has 14 heavy (non-hydrogen) atoms. The molecule has 0 amide bonds. The molecule has 2 N–H and O–H groups in total. The van der Waals surface area contributed by atoms with Crippen LogP contribution >= 0.6 is 0 Å². The number of benzene rings is 1. The van der Waals surface area contributed by atoms with Crippen molar-refractivity contribution in [2.75, 3.05) is 6.61 Å². The van der Waals surface area contributed by atoms with E-state index in [-0.39, 0.29) is 0 Å². The molecule has 74 valence electrons. The van der Waals surface area contributed by atoms with Crippen molar-refractivity contribution in [1.29, 1.82) is 0 Å². The second-order valence-electron chi connectivity index (χ2n) is 3.16. The number of hydrogen-bond acceptors (Lipinski definition) is 4. The van der Waals surface area contributed by atoms with Crippen LogP contribution in [-0.2, 0) is 18.3 Å². The fraction of sp³-hybridized carbons (Fsp3) is 0.333. The van der Waals surface area contributed by atoms with Gasteiger partial charge in [0.1, 0.15) is 5.52 Å². The molecule has 0 radical (unpaired) electrons. The molecule has 0 aliphatic heterocycles. The van der Waals surface area contributed by atoms with Crippen LogP contribution in [0.2, 0.25) is 0 Å². The van der Waals surface area contributed by atoms with Crippen LogP contribution in [0.25, 0.3) is 11.0 Å². The van der Waals surface area contributed by atoms with Crippen molar-refractivity contribution in [2.24, 2.45) is 12.9 Å². The Morgan fingerprint density at radius 1 is 1.50 bits per heavy atom. The Hall–Kier alpha value is -1.46. The maximum atomic E-state index is 4.96. The lowest BCUT2D eigenvalue weighted by Crippen LogP contribution is -2.03. The summed E-state index contributed by atoms with van der Waals surface area (Å²) in [5.41, 5.74) is 3.09. The molecule has 0 aliphatic rings. The molecule has 2 rings (SSSR count). The Bertz CT molecular complexity index is 437. The number of nitrogens with zero attached hydrogens (tertiary/aromatic N) is 3. The van der Waals surface area contributed by atoms with E-state index in [0.29, 0.717) is 6.61 Å². The van der Waals surface area contributed by atoms with Crippen molar-refractivity contribution in [3.63, 3.8) is 0 Å². The largest absolute Gasteiger partial charge is 0.304 e. The summed E-state index contributed by atoms with van der Waals surface area (Å²) in [7, 11) is 1.87. The summed E-state index contributed by atoms with van der Waals surface area (Å²) >= 11 is 0. The summed E-state index contributed by atoms with van der Waals surface area (Å²) < 4.78 is 1.75. The fourth-order valence-electron chi connectivity index (χ4n) is 1.42. The van der Waals surface area contributed by atoms with Crippen LogP contribution < -0.4 is 5.90 Å². The Balaban J connectivity index is 2.32. The van der Waals surface area contributed by atoms with E-state index >= 15 is 0 Å². The molecule has 0 bridgehead atoms. The lowest BCUT2D eigenvalue weighted by Gasteiger charge is -1.99. The van der Waals surface area contributed by atoms with E-state index in [9.17, 15) is 0 Å². The molecular formula is C9H12N4O. The van der Waals surface area contributed by atoms with Gasteiger partial charge in [-0.05, 0) is 24.1 Å². The molecule has 1 aromatic heterocycles. The van der Waals surface area contributed by atoms with E-state index in [0.717, 1.165) is 23.0 Å². The molecular weight excluding hydrogens is 180 g/mol. The number of rotatable bonds is 3. The second-order valence-corrected chi connectivity index (χ2v) is 3.16. The Kier molecular flexibility index (Phi) is 2.43. The van der Waals surface area contributed by atoms with Gasteiger partial charge < -0.3 is 4.84 Å². The topological polar surface area (TPSA) is 66.0 Å². The maximum Gasteiger partial charge on any atom is 0.113 e. The highest BCUT2D eigenvalue weighted by Crippen LogP contribution is 2.12. The highest BCUT2D eigenvalue weighted by Gasteiger charge is 2.01. The molecule has 5 nitrogen and oxygen atoms in total.